The molecule has 2 aliphatic rings. The Balaban J connectivity index is 1.65. The Morgan fingerprint density at radius 3 is 2.40 bits per heavy atom. The first-order chi connectivity index (χ1) is 14.0. The molecule has 0 spiro atoms. The molecule has 2 aromatic rings. The fourth-order valence-electron chi connectivity index (χ4n) is 4.05. The number of hydrogen-bond donors (Lipinski definition) is 0. The van der Waals surface area contributed by atoms with Crippen LogP contribution in [-0.2, 0) is 24.4 Å². The molecule has 0 amide bonds. The summed E-state index contributed by atoms with van der Waals surface area (Å²) in [5.74, 6) is -0.266. The molecule has 2 fully saturated rings. The van der Waals surface area contributed by atoms with Crippen molar-refractivity contribution in [3.05, 3.63) is 59.4 Å². The van der Waals surface area contributed by atoms with Gasteiger partial charge in [-0.05, 0) is 68.4 Å². The van der Waals surface area contributed by atoms with Gasteiger partial charge in [-0.3, -0.25) is 0 Å². The summed E-state index contributed by atoms with van der Waals surface area (Å²) in [6.07, 6.45) is 2.82. The Morgan fingerprint density at radius 2 is 1.77 bits per heavy atom. The Morgan fingerprint density at radius 1 is 1.03 bits per heavy atom. The first kappa shape index (κ1) is 21.5. The van der Waals surface area contributed by atoms with E-state index >= 15 is 0 Å². The first-order valence-electron chi connectivity index (χ1n) is 9.97. The first-order valence-corrected chi connectivity index (χ1v) is 13.3. The lowest BCUT2D eigenvalue weighted by Gasteiger charge is -2.38. The summed E-state index contributed by atoms with van der Waals surface area (Å²) in [6, 6.07) is 10.8. The highest BCUT2D eigenvalue weighted by Crippen LogP contribution is 2.44. The molecule has 0 N–H and O–H groups in total. The highest BCUT2D eigenvalue weighted by Gasteiger charge is 2.45. The van der Waals surface area contributed by atoms with Crippen molar-refractivity contribution in [3.63, 3.8) is 0 Å². The standard InChI is InChI=1S/C22H25FO5S2/c1-22(30(26,27)18-5-3-4-16(12-18)15-6-7-15)10-11-28-21(14-22)19-9-8-17(13-20(19)23)29(2,24)25/h3-5,8-9,12-13,15,21H,6-7,10-11,14H2,1-2H3. The molecule has 1 saturated carbocycles. The van der Waals surface area contributed by atoms with Crippen molar-refractivity contribution in [1.82, 2.24) is 0 Å². The van der Waals surface area contributed by atoms with Crippen molar-refractivity contribution in [2.24, 2.45) is 0 Å². The minimum atomic E-state index is -3.67. The molecule has 0 radical (unpaired) electrons. The smallest absolute Gasteiger partial charge is 0.184 e. The molecular formula is C22H25FO5S2. The Bertz CT molecular complexity index is 1190. The molecule has 1 saturated heterocycles. The summed E-state index contributed by atoms with van der Waals surface area (Å²) in [5.41, 5.74) is 1.22. The fourth-order valence-corrected chi connectivity index (χ4v) is 6.52. The molecule has 1 aliphatic heterocycles. The van der Waals surface area contributed by atoms with Crippen LogP contribution in [0.2, 0.25) is 0 Å². The highest BCUT2D eigenvalue weighted by atomic mass is 32.2. The van der Waals surface area contributed by atoms with Gasteiger partial charge < -0.3 is 4.74 Å². The molecule has 8 heteroatoms. The second-order valence-corrected chi connectivity index (χ2v) is 13.0. The summed E-state index contributed by atoms with van der Waals surface area (Å²) in [5, 5.41) is 0. The van der Waals surface area contributed by atoms with Gasteiger partial charge in [-0.2, -0.15) is 0 Å². The van der Waals surface area contributed by atoms with Crippen LogP contribution < -0.4 is 0 Å². The van der Waals surface area contributed by atoms with Gasteiger partial charge in [0.25, 0.3) is 0 Å². The van der Waals surface area contributed by atoms with Crippen LogP contribution in [-0.4, -0.2) is 34.4 Å². The average molecular weight is 453 g/mol. The summed E-state index contributed by atoms with van der Waals surface area (Å²) in [6.45, 7) is 1.86. The molecule has 2 atom stereocenters. The SMILES string of the molecule is CC1(S(=O)(=O)c2cccc(C3CC3)c2)CCOC(c2ccc(S(C)(=O)=O)cc2F)C1. The van der Waals surface area contributed by atoms with Gasteiger partial charge in [0.1, 0.15) is 5.82 Å². The minimum Gasteiger partial charge on any atom is -0.373 e. The quantitative estimate of drug-likeness (QED) is 0.680. The molecule has 1 heterocycles. The summed E-state index contributed by atoms with van der Waals surface area (Å²) >= 11 is 0. The lowest BCUT2D eigenvalue weighted by atomic mass is 9.92. The Labute approximate surface area is 177 Å². The number of halogens is 1. The molecule has 1 aliphatic carbocycles. The van der Waals surface area contributed by atoms with Crippen molar-refractivity contribution >= 4 is 19.7 Å². The molecule has 4 rings (SSSR count). The van der Waals surface area contributed by atoms with Crippen molar-refractivity contribution in [1.29, 1.82) is 0 Å². The summed E-state index contributed by atoms with van der Waals surface area (Å²) in [7, 11) is -7.21. The van der Waals surface area contributed by atoms with Crippen LogP contribution >= 0.6 is 0 Å². The van der Waals surface area contributed by atoms with E-state index in [-0.39, 0.29) is 23.5 Å². The van der Waals surface area contributed by atoms with E-state index in [1.54, 1.807) is 25.1 Å². The third kappa shape index (κ3) is 3.92. The summed E-state index contributed by atoms with van der Waals surface area (Å²) in [4.78, 5) is 0.176. The third-order valence-corrected chi connectivity index (χ3v) is 9.83. The van der Waals surface area contributed by atoms with Crippen molar-refractivity contribution < 1.29 is 26.0 Å². The maximum Gasteiger partial charge on any atom is 0.184 e. The van der Waals surface area contributed by atoms with Crippen LogP contribution in [0, 0.1) is 5.82 Å². The van der Waals surface area contributed by atoms with E-state index in [1.807, 2.05) is 6.07 Å². The molecule has 0 bridgehead atoms. The largest absolute Gasteiger partial charge is 0.373 e. The molecule has 2 aromatic carbocycles. The number of ether oxygens (including phenoxy) is 1. The van der Waals surface area contributed by atoms with Crippen molar-refractivity contribution in [2.75, 3.05) is 12.9 Å². The number of hydrogen-bond acceptors (Lipinski definition) is 5. The zero-order chi connectivity index (χ0) is 21.7. The van der Waals surface area contributed by atoms with Crippen LogP contribution in [0.1, 0.15) is 55.8 Å². The van der Waals surface area contributed by atoms with E-state index in [0.29, 0.717) is 17.2 Å². The lowest BCUT2D eigenvalue weighted by Crippen LogP contribution is -2.42. The number of benzene rings is 2. The van der Waals surface area contributed by atoms with Gasteiger partial charge in [0.15, 0.2) is 19.7 Å². The molecule has 5 nitrogen and oxygen atoms in total. The lowest BCUT2D eigenvalue weighted by molar-refractivity contribution is -0.00168. The predicted octanol–water partition coefficient (Wildman–Crippen LogP) is 4.19. The molecule has 0 aromatic heterocycles. The van der Waals surface area contributed by atoms with Crippen LogP contribution in [0.3, 0.4) is 0 Å². The van der Waals surface area contributed by atoms with E-state index in [1.165, 1.54) is 12.1 Å². The maximum absolute atomic E-state index is 14.7. The highest BCUT2D eigenvalue weighted by molar-refractivity contribution is 7.92. The molecule has 30 heavy (non-hydrogen) atoms. The zero-order valence-corrected chi connectivity index (χ0v) is 18.6. The summed E-state index contributed by atoms with van der Waals surface area (Å²) < 4.78 is 69.7. The number of sulfone groups is 2. The van der Waals surface area contributed by atoms with Gasteiger partial charge in [-0.25, -0.2) is 21.2 Å². The Hall–Kier alpha value is -1.77. The maximum atomic E-state index is 14.7. The normalized spacial score (nSPS) is 25.2. The predicted molar refractivity (Wildman–Crippen MR) is 111 cm³/mol. The molecular weight excluding hydrogens is 427 g/mol. The van der Waals surface area contributed by atoms with Crippen LogP contribution in [0.5, 0.6) is 0 Å². The topological polar surface area (TPSA) is 77.5 Å². The van der Waals surface area contributed by atoms with Gasteiger partial charge in [-0.15, -0.1) is 0 Å². The monoisotopic (exact) mass is 452 g/mol. The fraction of sp³-hybridized carbons (Fsp3) is 0.455. The van der Waals surface area contributed by atoms with Gasteiger partial charge in [-0.1, -0.05) is 18.2 Å². The van der Waals surface area contributed by atoms with Gasteiger partial charge in [0, 0.05) is 18.4 Å². The van der Waals surface area contributed by atoms with Gasteiger partial charge in [0.05, 0.1) is 20.6 Å². The average Bonchev–Trinajstić information content (AvgIpc) is 3.52. The van der Waals surface area contributed by atoms with E-state index in [4.69, 9.17) is 4.74 Å². The Kier molecular flexibility index (Phi) is 5.31. The van der Waals surface area contributed by atoms with Gasteiger partial charge in [0.2, 0.25) is 0 Å². The van der Waals surface area contributed by atoms with Crippen molar-refractivity contribution in [2.45, 2.75) is 59.2 Å². The van der Waals surface area contributed by atoms with E-state index in [9.17, 15) is 21.2 Å². The molecule has 2 unspecified atom stereocenters. The minimum absolute atomic E-state index is 0.0954. The molecule has 162 valence electrons. The van der Waals surface area contributed by atoms with Crippen LogP contribution in [0.25, 0.3) is 0 Å². The number of rotatable bonds is 5. The van der Waals surface area contributed by atoms with Crippen LogP contribution in [0.4, 0.5) is 4.39 Å². The van der Waals surface area contributed by atoms with E-state index in [2.05, 4.69) is 0 Å². The second-order valence-electron chi connectivity index (χ2n) is 8.57. The van der Waals surface area contributed by atoms with Crippen LogP contribution in [0.15, 0.2) is 52.3 Å². The van der Waals surface area contributed by atoms with Gasteiger partial charge >= 0.3 is 0 Å². The zero-order valence-electron chi connectivity index (χ0n) is 17.0. The van der Waals surface area contributed by atoms with Crippen molar-refractivity contribution in [3.8, 4) is 0 Å². The second kappa shape index (κ2) is 7.43. The van der Waals surface area contributed by atoms with E-state index in [0.717, 1.165) is 30.7 Å². The third-order valence-electron chi connectivity index (χ3n) is 6.18. The van der Waals surface area contributed by atoms with E-state index < -0.39 is 36.3 Å².